The van der Waals surface area contributed by atoms with E-state index in [1.807, 2.05) is 0 Å². The highest BCUT2D eigenvalue weighted by molar-refractivity contribution is 4.83. The second kappa shape index (κ2) is 8.90. The lowest BCUT2D eigenvalue weighted by Gasteiger charge is -2.36. The third kappa shape index (κ3) is 4.94. The van der Waals surface area contributed by atoms with Gasteiger partial charge in [0.15, 0.2) is 0 Å². The Morgan fingerprint density at radius 3 is 2.65 bits per heavy atom. The maximum absolute atomic E-state index is 5.69. The van der Waals surface area contributed by atoms with Gasteiger partial charge in [0.05, 0.1) is 19.8 Å². The number of hydrogen-bond acceptors (Lipinski definition) is 3. The fourth-order valence-corrected chi connectivity index (χ4v) is 3.05. The lowest BCUT2D eigenvalue weighted by molar-refractivity contribution is 0.0369. The maximum atomic E-state index is 5.69. The molecule has 0 aromatic rings. The van der Waals surface area contributed by atoms with E-state index in [0.717, 1.165) is 18.4 Å². The molecular weight excluding hydrogens is 214 g/mol. The molecule has 1 aliphatic carbocycles. The van der Waals surface area contributed by atoms with Crippen LogP contribution in [0.2, 0.25) is 0 Å². The first-order valence-corrected chi connectivity index (χ1v) is 7.07. The molecule has 0 aliphatic heterocycles. The van der Waals surface area contributed by atoms with Gasteiger partial charge in [-0.3, -0.25) is 0 Å². The van der Waals surface area contributed by atoms with Crippen molar-refractivity contribution in [1.29, 1.82) is 0 Å². The molecule has 3 unspecified atom stereocenters. The normalized spacial score (nSPS) is 27.0. The predicted molar refractivity (Wildman–Crippen MR) is 71.3 cm³/mol. The van der Waals surface area contributed by atoms with Crippen LogP contribution in [0, 0.1) is 11.8 Å². The van der Waals surface area contributed by atoms with E-state index in [0.29, 0.717) is 19.3 Å². The Hall–Kier alpha value is -0.120. The zero-order valence-electron chi connectivity index (χ0n) is 11.7. The minimum absolute atomic E-state index is 0.511. The maximum Gasteiger partial charge on any atom is 0.0701 e. The number of nitrogens with one attached hydrogen (secondary N) is 1. The van der Waals surface area contributed by atoms with Crippen molar-refractivity contribution in [1.82, 2.24) is 5.32 Å². The summed E-state index contributed by atoms with van der Waals surface area (Å²) in [5, 5.41) is 3.45. The zero-order chi connectivity index (χ0) is 12.5. The quantitative estimate of drug-likeness (QED) is 0.664. The molecule has 3 heteroatoms. The van der Waals surface area contributed by atoms with Crippen LogP contribution in [0.15, 0.2) is 0 Å². The van der Waals surface area contributed by atoms with Crippen LogP contribution in [-0.2, 0) is 9.47 Å². The molecule has 0 heterocycles. The van der Waals surface area contributed by atoms with Crippen LogP contribution in [-0.4, -0.2) is 40.0 Å². The molecule has 0 radical (unpaired) electrons. The molecule has 0 saturated heterocycles. The van der Waals surface area contributed by atoms with Crippen molar-refractivity contribution in [3.63, 3.8) is 0 Å². The van der Waals surface area contributed by atoms with Crippen LogP contribution >= 0.6 is 0 Å². The molecule has 3 nitrogen and oxygen atoms in total. The Labute approximate surface area is 106 Å². The summed E-state index contributed by atoms with van der Waals surface area (Å²) < 4.78 is 10.7. The highest BCUT2D eigenvalue weighted by Crippen LogP contribution is 2.34. The number of rotatable bonds is 8. The molecule has 0 aromatic carbocycles. The smallest absolute Gasteiger partial charge is 0.0701 e. The first kappa shape index (κ1) is 14.9. The van der Waals surface area contributed by atoms with Crippen LogP contribution in [0.4, 0.5) is 0 Å². The third-order valence-electron chi connectivity index (χ3n) is 4.11. The first-order chi connectivity index (χ1) is 8.33. The summed E-state index contributed by atoms with van der Waals surface area (Å²) in [6, 6.07) is 0.511. The summed E-state index contributed by atoms with van der Waals surface area (Å²) in [5.74, 6) is 1.67. The Bertz CT molecular complexity index is 187. The van der Waals surface area contributed by atoms with E-state index < -0.39 is 0 Å². The van der Waals surface area contributed by atoms with Crippen molar-refractivity contribution in [2.24, 2.45) is 11.8 Å². The molecular formula is C14H29NO2. The van der Waals surface area contributed by atoms with Gasteiger partial charge in [-0.1, -0.05) is 32.6 Å². The van der Waals surface area contributed by atoms with Crippen molar-refractivity contribution in [3.8, 4) is 0 Å². The van der Waals surface area contributed by atoms with Crippen molar-refractivity contribution in [2.75, 3.05) is 34.0 Å². The lowest BCUT2D eigenvalue weighted by atomic mass is 9.74. The molecule has 1 aliphatic rings. The van der Waals surface area contributed by atoms with E-state index >= 15 is 0 Å². The molecule has 0 spiro atoms. The van der Waals surface area contributed by atoms with Crippen molar-refractivity contribution >= 4 is 0 Å². The largest absolute Gasteiger partial charge is 0.382 e. The summed E-state index contributed by atoms with van der Waals surface area (Å²) in [6.45, 7) is 4.54. The van der Waals surface area contributed by atoms with Gasteiger partial charge < -0.3 is 14.8 Å². The molecule has 1 fully saturated rings. The number of methoxy groups -OCH3 is 1. The van der Waals surface area contributed by atoms with E-state index in [2.05, 4.69) is 19.3 Å². The number of ether oxygens (including phenoxy) is 2. The molecule has 102 valence electrons. The first-order valence-electron chi connectivity index (χ1n) is 7.07. The van der Waals surface area contributed by atoms with Crippen LogP contribution < -0.4 is 5.32 Å². The van der Waals surface area contributed by atoms with Gasteiger partial charge in [-0.2, -0.15) is 0 Å². The summed E-state index contributed by atoms with van der Waals surface area (Å²) in [7, 11) is 3.78. The van der Waals surface area contributed by atoms with Crippen molar-refractivity contribution in [3.05, 3.63) is 0 Å². The van der Waals surface area contributed by atoms with Crippen LogP contribution in [0.3, 0.4) is 0 Å². The van der Waals surface area contributed by atoms with Gasteiger partial charge in [0.25, 0.3) is 0 Å². The molecule has 0 aromatic heterocycles. The summed E-state index contributed by atoms with van der Waals surface area (Å²) in [5.41, 5.74) is 0. The fraction of sp³-hybridized carbons (Fsp3) is 1.00. The minimum atomic E-state index is 0.511. The van der Waals surface area contributed by atoms with Crippen LogP contribution in [0.1, 0.15) is 39.0 Å². The van der Waals surface area contributed by atoms with Gasteiger partial charge in [-0.05, 0) is 25.3 Å². The van der Waals surface area contributed by atoms with Gasteiger partial charge in [0.1, 0.15) is 0 Å². The SMILES string of the molecule is CCC1CCCCC1C(COCCOC)NC. The van der Waals surface area contributed by atoms with E-state index in [4.69, 9.17) is 9.47 Å². The fourth-order valence-electron chi connectivity index (χ4n) is 3.05. The average Bonchev–Trinajstić information content (AvgIpc) is 2.39. The number of likely N-dealkylation sites (N-methyl/N-ethyl adjacent to an activating group) is 1. The Morgan fingerprint density at radius 2 is 2.00 bits per heavy atom. The molecule has 17 heavy (non-hydrogen) atoms. The second-order valence-electron chi connectivity index (χ2n) is 5.08. The standard InChI is InChI=1S/C14H29NO2/c1-4-12-7-5-6-8-13(12)14(15-2)11-17-10-9-16-3/h12-15H,4-11H2,1-3H3. The Morgan fingerprint density at radius 1 is 1.24 bits per heavy atom. The molecule has 0 bridgehead atoms. The van der Waals surface area contributed by atoms with E-state index in [1.54, 1.807) is 7.11 Å². The van der Waals surface area contributed by atoms with E-state index in [-0.39, 0.29) is 0 Å². The van der Waals surface area contributed by atoms with Crippen molar-refractivity contribution in [2.45, 2.75) is 45.1 Å². The van der Waals surface area contributed by atoms with E-state index in [1.165, 1.54) is 32.1 Å². The number of hydrogen-bond donors (Lipinski definition) is 1. The third-order valence-corrected chi connectivity index (χ3v) is 4.11. The monoisotopic (exact) mass is 243 g/mol. The van der Waals surface area contributed by atoms with Gasteiger partial charge in [-0.15, -0.1) is 0 Å². The van der Waals surface area contributed by atoms with Gasteiger partial charge in [0.2, 0.25) is 0 Å². The van der Waals surface area contributed by atoms with Gasteiger partial charge >= 0.3 is 0 Å². The minimum Gasteiger partial charge on any atom is -0.382 e. The summed E-state index contributed by atoms with van der Waals surface area (Å²) in [6.07, 6.45) is 6.86. The molecule has 3 atom stereocenters. The zero-order valence-corrected chi connectivity index (χ0v) is 11.7. The predicted octanol–water partition coefficient (Wildman–Crippen LogP) is 2.45. The molecule has 1 rings (SSSR count). The summed E-state index contributed by atoms with van der Waals surface area (Å²) in [4.78, 5) is 0. The highest BCUT2D eigenvalue weighted by Gasteiger charge is 2.29. The van der Waals surface area contributed by atoms with Crippen molar-refractivity contribution < 1.29 is 9.47 Å². The molecule has 0 amide bonds. The van der Waals surface area contributed by atoms with Crippen LogP contribution in [0.25, 0.3) is 0 Å². The molecule has 1 saturated carbocycles. The second-order valence-corrected chi connectivity index (χ2v) is 5.08. The lowest BCUT2D eigenvalue weighted by Crippen LogP contribution is -2.42. The topological polar surface area (TPSA) is 30.5 Å². The van der Waals surface area contributed by atoms with Crippen LogP contribution in [0.5, 0.6) is 0 Å². The highest BCUT2D eigenvalue weighted by atomic mass is 16.5. The Kier molecular flexibility index (Phi) is 7.82. The van der Waals surface area contributed by atoms with Gasteiger partial charge in [0, 0.05) is 13.2 Å². The van der Waals surface area contributed by atoms with E-state index in [9.17, 15) is 0 Å². The van der Waals surface area contributed by atoms with Gasteiger partial charge in [-0.25, -0.2) is 0 Å². The Balaban J connectivity index is 2.35. The molecule has 1 N–H and O–H groups in total. The average molecular weight is 243 g/mol. The summed E-state index contributed by atoms with van der Waals surface area (Å²) >= 11 is 0.